The Kier molecular flexibility index (Phi) is 5.61. The van der Waals surface area contributed by atoms with Crippen LogP contribution < -0.4 is 10.1 Å². The molecule has 1 aliphatic rings. The topological polar surface area (TPSA) is 72.5 Å². The molecule has 1 aliphatic heterocycles. The van der Waals surface area contributed by atoms with Crippen molar-refractivity contribution in [2.24, 2.45) is 5.92 Å². The fraction of sp³-hybridized carbons (Fsp3) is 0.350. The van der Waals surface area contributed by atoms with Crippen molar-refractivity contribution in [3.05, 3.63) is 54.6 Å². The Morgan fingerprint density at radius 1 is 1.12 bits per heavy atom. The van der Waals surface area contributed by atoms with Crippen LogP contribution in [-0.2, 0) is 14.6 Å². The Balaban J connectivity index is 1.51. The molecule has 2 unspecified atom stereocenters. The van der Waals surface area contributed by atoms with E-state index in [0.717, 1.165) is 11.1 Å². The van der Waals surface area contributed by atoms with Crippen LogP contribution in [0.25, 0.3) is 11.1 Å². The van der Waals surface area contributed by atoms with E-state index in [1.54, 1.807) is 6.92 Å². The summed E-state index contributed by atoms with van der Waals surface area (Å²) >= 11 is 0. The third kappa shape index (κ3) is 4.85. The number of rotatable bonds is 6. The minimum Gasteiger partial charge on any atom is -0.481 e. The number of ether oxygens (including phenoxy) is 1. The third-order valence-electron chi connectivity index (χ3n) is 4.54. The minimum absolute atomic E-state index is 0.00121. The van der Waals surface area contributed by atoms with Crippen molar-refractivity contribution in [2.75, 3.05) is 18.1 Å². The fourth-order valence-corrected chi connectivity index (χ4v) is 4.90. The number of hydrogen-bond acceptors (Lipinski definition) is 4. The van der Waals surface area contributed by atoms with Crippen LogP contribution in [0.5, 0.6) is 5.75 Å². The van der Waals surface area contributed by atoms with E-state index in [0.29, 0.717) is 18.7 Å². The second-order valence-corrected chi connectivity index (χ2v) is 8.89. The number of sulfone groups is 1. The van der Waals surface area contributed by atoms with Gasteiger partial charge in [0.15, 0.2) is 15.9 Å². The minimum atomic E-state index is -2.92. The third-order valence-corrected chi connectivity index (χ3v) is 6.37. The van der Waals surface area contributed by atoms with Crippen molar-refractivity contribution in [1.82, 2.24) is 5.32 Å². The molecule has 26 heavy (non-hydrogen) atoms. The van der Waals surface area contributed by atoms with Gasteiger partial charge in [-0.05, 0) is 42.5 Å². The molecule has 3 rings (SSSR count). The van der Waals surface area contributed by atoms with Gasteiger partial charge >= 0.3 is 0 Å². The SMILES string of the molecule is CC(Oc1ccc(-c2ccccc2)cc1)C(=O)NCC1CCS(=O)(=O)C1. The van der Waals surface area contributed by atoms with Crippen molar-refractivity contribution in [3.63, 3.8) is 0 Å². The summed E-state index contributed by atoms with van der Waals surface area (Å²) in [6.45, 7) is 2.06. The van der Waals surface area contributed by atoms with E-state index < -0.39 is 15.9 Å². The second-order valence-electron chi connectivity index (χ2n) is 6.66. The van der Waals surface area contributed by atoms with Crippen LogP contribution >= 0.6 is 0 Å². The standard InChI is InChI=1S/C20H23NO4S/c1-15(20(22)21-13-16-11-12-26(23,24)14-16)25-19-9-7-18(8-10-19)17-5-3-2-4-6-17/h2-10,15-16H,11-14H2,1H3,(H,21,22). The van der Waals surface area contributed by atoms with Gasteiger partial charge in [-0.25, -0.2) is 8.42 Å². The van der Waals surface area contributed by atoms with Crippen molar-refractivity contribution >= 4 is 15.7 Å². The number of benzene rings is 2. The van der Waals surface area contributed by atoms with E-state index in [1.807, 2.05) is 54.6 Å². The van der Waals surface area contributed by atoms with E-state index in [4.69, 9.17) is 4.74 Å². The van der Waals surface area contributed by atoms with Crippen LogP contribution in [0, 0.1) is 5.92 Å². The van der Waals surface area contributed by atoms with E-state index in [1.165, 1.54) is 0 Å². The van der Waals surface area contributed by atoms with Crippen LogP contribution in [0.15, 0.2) is 54.6 Å². The molecule has 0 bridgehead atoms. The summed E-state index contributed by atoms with van der Waals surface area (Å²) in [5.41, 5.74) is 2.20. The van der Waals surface area contributed by atoms with E-state index >= 15 is 0 Å². The highest BCUT2D eigenvalue weighted by Crippen LogP contribution is 2.22. The first kappa shape index (κ1) is 18.5. The predicted octanol–water partition coefficient (Wildman–Crippen LogP) is 2.67. The lowest BCUT2D eigenvalue weighted by Gasteiger charge is -2.16. The first-order valence-corrected chi connectivity index (χ1v) is 10.6. The number of carbonyl (C=O) groups excluding carboxylic acids is 1. The smallest absolute Gasteiger partial charge is 0.260 e. The molecular formula is C20H23NO4S. The highest BCUT2D eigenvalue weighted by Gasteiger charge is 2.28. The lowest BCUT2D eigenvalue weighted by Crippen LogP contribution is -2.39. The number of carbonyl (C=O) groups is 1. The number of hydrogen-bond donors (Lipinski definition) is 1. The lowest BCUT2D eigenvalue weighted by atomic mass is 10.1. The van der Waals surface area contributed by atoms with Gasteiger partial charge in [-0.3, -0.25) is 4.79 Å². The largest absolute Gasteiger partial charge is 0.481 e. The maximum Gasteiger partial charge on any atom is 0.260 e. The summed E-state index contributed by atoms with van der Waals surface area (Å²) in [5.74, 6) is 0.759. The maximum absolute atomic E-state index is 12.2. The molecule has 5 nitrogen and oxygen atoms in total. The Morgan fingerprint density at radius 2 is 1.77 bits per heavy atom. The Bertz CT molecular complexity index is 847. The van der Waals surface area contributed by atoms with Crippen molar-refractivity contribution in [3.8, 4) is 16.9 Å². The zero-order chi connectivity index (χ0) is 18.6. The molecule has 6 heteroatoms. The zero-order valence-corrected chi connectivity index (χ0v) is 15.5. The molecule has 0 aliphatic carbocycles. The van der Waals surface area contributed by atoms with Crippen molar-refractivity contribution in [2.45, 2.75) is 19.4 Å². The molecule has 1 amide bonds. The van der Waals surface area contributed by atoms with Gasteiger partial charge in [-0.15, -0.1) is 0 Å². The number of amides is 1. The molecule has 2 aromatic rings. The van der Waals surface area contributed by atoms with Gasteiger partial charge in [-0.2, -0.15) is 0 Å². The fourth-order valence-electron chi connectivity index (χ4n) is 3.04. The second kappa shape index (κ2) is 7.91. The van der Waals surface area contributed by atoms with Gasteiger partial charge in [0.1, 0.15) is 5.75 Å². The van der Waals surface area contributed by atoms with Crippen LogP contribution in [-0.4, -0.2) is 38.5 Å². The van der Waals surface area contributed by atoms with Crippen LogP contribution in [0.3, 0.4) is 0 Å². The van der Waals surface area contributed by atoms with Gasteiger partial charge in [0.25, 0.3) is 5.91 Å². The van der Waals surface area contributed by atoms with Crippen LogP contribution in [0.1, 0.15) is 13.3 Å². The van der Waals surface area contributed by atoms with Gasteiger partial charge < -0.3 is 10.1 Å². The number of nitrogens with one attached hydrogen (secondary N) is 1. The van der Waals surface area contributed by atoms with Crippen LogP contribution in [0.2, 0.25) is 0 Å². The zero-order valence-electron chi connectivity index (χ0n) is 14.7. The first-order valence-electron chi connectivity index (χ1n) is 8.73. The van der Waals surface area contributed by atoms with Gasteiger partial charge in [0.2, 0.25) is 0 Å². The molecule has 0 spiro atoms. The molecule has 1 fully saturated rings. The summed E-state index contributed by atoms with van der Waals surface area (Å²) < 4.78 is 28.6. The normalized spacial score (nSPS) is 19.7. The molecular weight excluding hydrogens is 350 g/mol. The Labute approximate surface area is 154 Å². The van der Waals surface area contributed by atoms with Crippen molar-refractivity contribution < 1.29 is 17.9 Å². The predicted molar refractivity (Wildman–Crippen MR) is 102 cm³/mol. The molecule has 0 aromatic heterocycles. The highest BCUT2D eigenvalue weighted by atomic mass is 32.2. The quantitative estimate of drug-likeness (QED) is 0.845. The molecule has 138 valence electrons. The summed E-state index contributed by atoms with van der Waals surface area (Å²) in [6.07, 6.45) is -0.0331. The lowest BCUT2D eigenvalue weighted by molar-refractivity contribution is -0.127. The molecule has 0 radical (unpaired) electrons. The summed E-state index contributed by atoms with van der Waals surface area (Å²) in [7, 11) is -2.92. The monoisotopic (exact) mass is 373 g/mol. The van der Waals surface area contributed by atoms with Gasteiger partial charge in [-0.1, -0.05) is 42.5 Å². The Morgan fingerprint density at radius 3 is 2.38 bits per heavy atom. The maximum atomic E-state index is 12.2. The van der Waals surface area contributed by atoms with E-state index in [-0.39, 0.29) is 23.3 Å². The van der Waals surface area contributed by atoms with Crippen molar-refractivity contribution in [1.29, 1.82) is 0 Å². The molecule has 1 N–H and O–H groups in total. The summed E-state index contributed by atoms with van der Waals surface area (Å²) in [6, 6.07) is 17.6. The summed E-state index contributed by atoms with van der Waals surface area (Å²) in [5, 5.41) is 2.79. The molecule has 1 saturated heterocycles. The van der Waals surface area contributed by atoms with Gasteiger partial charge in [0.05, 0.1) is 11.5 Å². The average molecular weight is 373 g/mol. The van der Waals surface area contributed by atoms with Crippen LogP contribution in [0.4, 0.5) is 0 Å². The van der Waals surface area contributed by atoms with Gasteiger partial charge in [0, 0.05) is 6.54 Å². The first-order chi connectivity index (χ1) is 12.4. The molecule has 0 saturated carbocycles. The molecule has 2 aromatic carbocycles. The average Bonchev–Trinajstić information content (AvgIpc) is 3.00. The van der Waals surface area contributed by atoms with E-state index in [2.05, 4.69) is 5.32 Å². The highest BCUT2D eigenvalue weighted by molar-refractivity contribution is 7.91. The molecule has 1 heterocycles. The molecule has 2 atom stereocenters. The summed E-state index contributed by atoms with van der Waals surface area (Å²) in [4.78, 5) is 12.2. The van der Waals surface area contributed by atoms with E-state index in [9.17, 15) is 13.2 Å². The Hall–Kier alpha value is -2.34.